The number of aliphatic carboxylic acids is 1. The number of carbonyl (C=O) groups excluding carboxylic acids is 1. The van der Waals surface area contributed by atoms with E-state index in [0.29, 0.717) is 10.2 Å². The highest BCUT2D eigenvalue weighted by molar-refractivity contribution is 9.11. The van der Waals surface area contributed by atoms with Crippen molar-refractivity contribution in [1.82, 2.24) is 4.90 Å². The van der Waals surface area contributed by atoms with Gasteiger partial charge in [0.1, 0.15) is 11.8 Å². The Hall–Kier alpha value is -1.12. The van der Waals surface area contributed by atoms with Crippen LogP contribution in [0.15, 0.2) is 27.1 Å². The predicted octanol–water partition coefficient (Wildman–Crippen LogP) is 1.64. The van der Waals surface area contributed by atoms with E-state index in [9.17, 15) is 14.7 Å². The fourth-order valence-corrected chi connectivity index (χ4v) is 3.30. The van der Waals surface area contributed by atoms with Crippen LogP contribution in [-0.2, 0) is 9.59 Å². The summed E-state index contributed by atoms with van der Waals surface area (Å²) >= 11 is 6.62. The van der Waals surface area contributed by atoms with Gasteiger partial charge >= 0.3 is 5.97 Å². The Kier molecular flexibility index (Phi) is 5.23. The van der Waals surface area contributed by atoms with Crippen molar-refractivity contribution in [2.24, 2.45) is 0 Å². The number of carboxylic acid groups (broad SMARTS) is 1. The number of amides is 1. The number of halogens is 2. The molecule has 1 fully saturated rings. The number of aliphatic hydroxyl groups is 1. The highest BCUT2D eigenvalue weighted by atomic mass is 79.9. The van der Waals surface area contributed by atoms with Crippen molar-refractivity contribution >= 4 is 43.7 Å². The van der Waals surface area contributed by atoms with Gasteiger partial charge in [-0.2, -0.15) is 0 Å². The monoisotopic (exact) mass is 421 g/mol. The van der Waals surface area contributed by atoms with Crippen LogP contribution < -0.4 is 4.74 Å². The van der Waals surface area contributed by atoms with E-state index in [4.69, 9.17) is 9.84 Å². The van der Waals surface area contributed by atoms with Gasteiger partial charge in [0, 0.05) is 17.4 Å². The minimum Gasteiger partial charge on any atom is -0.483 e. The summed E-state index contributed by atoms with van der Waals surface area (Å²) < 4.78 is 6.94. The molecule has 0 aliphatic carbocycles. The molecule has 0 saturated carbocycles. The van der Waals surface area contributed by atoms with Crippen LogP contribution in [0, 0.1) is 0 Å². The number of hydrogen-bond acceptors (Lipinski definition) is 4. The first-order valence-electron chi connectivity index (χ1n) is 6.16. The summed E-state index contributed by atoms with van der Waals surface area (Å²) in [7, 11) is 0. The van der Waals surface area contributed by atoms with E-state index in [1.807, 2.05) is 0 Å². The molecule has 1 aromatic carbocycles. The van der Waals surface area contributed by atoms with Gasteiger partial charge in [0.05, 0.1) is 10.6 Å². The van der Waals surface area contributed by atoms with Crippen LogP contribution in [0.2, 0.25) is 0 Å². The Morgan fingerprint density at radius 3 is 2.71 bits per heavy atom. The maximum Gasteiger partial charge on any atom is 0.326 e. The molecule has 2 rings (SSSR count). The minimum atomic E-state index is -1.12. The Bertz CT molecular complexity index is 565. The molecule has 1 heterocycles. The molecule has 0 spiro atoms. The Labute approximate surface area is 138 Å². The molecule has 0 unspecified atom stereocenters. The number of likely N-dealkylation sites (tertiary alicyclic amines) is 1. The Morgan fingerprint density at radius 2 is 2.10 bits per heavy atom. The first-order chi connectivity index (χ1) is 9.88. The van der Waals surface area contributed by atoms with Gasteiger partial charge in [-0.15, -0.1) is 0 Å². The van der Waals surface area contributed by atoms with E-state index in [0.717, 1.165) is 9.37 Å². The van der Waals surface area contributed by atoms with Gasteiger partial charge in [0.25, 0.3) is 5.91 Å². The maximum absolute atomic E-state index is 12.1. The van der Waals surface area contributed by atoms with Crippen molar-refractivity contribution in [1.29, 1.82) is 0 Å². The summed E-state index contributed by atoms with van der Waals surface area (Å²) in [6.07, 6.45) is -0.766. The van der Waals surface area contributed by atoms with Crippen LogP contribution in [-0.4, -0.2) is 52.3 Å². The van der Waals surface area contributed by atoms with Crippen LogP contribution in [0.1, 0.15) is 6.42 Å². The summed E-state index contributed by atoms with van der Waals surface area (Å²) in [5.74, 6) is -1.10. The first-order valence-corrected chi connectivity index (χ1v) is 7.75. The molecule has 114 valence electrons. The number of carboxylic acids is 1. The first kappa shape index (κ1) is 16.3. The molecule has 1 amide bonds. The summed E-state index contributed by atoms with van der Waals surface area (Å²) in [4.78, 5) is 24.3. The third kappa shape index (κ3) is 3.96. The van der Waals surface area contributed by atoms with Crippen LogP contribution in [0.25, 0.3) is 0 Å². The second-order valence-electron chi connectivity index (χ2n) is 4.65. The van der Waals surface area contributed by atoms with Gasteiger partial charge in [-0.25, -0.2) is 4.79 Å². The summed E-state index contributed by atoms with van der Waals surface area (Å²) in [6.45, 7) is -0.266. The number of rotatable bonds is 4. The highest BCUT2D eigenvalue weighted by Crippen LogP contribution is 2.28. The van der Waals surface area contributed by atoms with Crippen molar-refractivity contribution in [2.75, 3.05) is 13.2 Å². The number of benzene rings is 1. The predicted molar refractivity (Wildman–Crippen MR) is 81.1 cm³/mol. The number of aliphatic hydroxyl groups excluding tert-OH is 1. The zero-order valence-electron chi connectivity index (χ0n) is 10.8. The minimum absolute atomic E-state index is 0.0146. The third-order valence-electron chi connectivity index (χ3n) is 3.13. The molecule has 2 N–H and O–H groups in total. The lowest BCUT2D eigenvalue weighted by atomic mass is 10.2. The molecule has 0 radical (unpaired) electrons. The number of β-amino-alcohol motifs (C(OH)–C–C–N with tert-alkyl or cyclic N) is 1. The van der Waals surface area contributed by atoms with Crippen LogP contribution in [0.5, 0.6) is 5.75 Å². The average Bonchev–Trinajstić information content (AvgIpc) is 2.80. The second kappa shape index (κ2) is 6.76. The van der Waals surface area contributed by atoms with Crippen molar-refractivity contribution in [3.8, 4) is 5.75 Å². The van der Waals surface area contributed by atoms with E-state index in [1.54, 1.807) is 18.2 Å². The van der Waals surface area contributed by atoms with E-state index < -0.39 is 24.0 Å². The molecule has 2 atom stereocenters. The van der Waals surface area contributed by atoms with Gasteiger partial charge in [0.2, 0.25) is 0 Å². The summed E-state index contributed by atoms with van der Waals surface area (Å²) in [6, 6.07) is 4.24. The van der Waals surface area contributed by atoms with Gasteiger partial charge in [-0.3, -0.25) is 4.79 Å². The standard InChI is InChI=1S/C13H13Br2NO5/c14-7-1-2-11(9(15)3-7)21-6-12(18)16-5-8(17)4-10(16)13(19)20/h1-3,8,10,17H,4-6H2,(H,19,20)/t8-,10-/m1/s1. The van der Waals surface area contributed by atoms with Crippen LogP contribution >= 0.6 is 31.9 Å². The zero-order valence-corrected chi connectivity index (χ0v) is 14.0. The molecule has 6 nitrogen and oxygen atoms in total. The average molecular weight is 423 g/mol. The van der Waals surface area contributed by atoms with E-state index in [1.165, 1.54) is 0 Å². The summed E-state index contributed by atoms with van der Waals surface area (Å²) in [5.41, 5.74) is 0. The molecule has 1 aromatic rings. The maximum atomic E-state index is 12.1. The topological polar surface area (TPSA) is 87.1 Å². The van der Waals surface area contributed by atoms with Crippen LogP contribution in [0.3, 0.4) is 0 Å². The van der Waals surface area contributed by atoms with Gasteiger partial charge in [-0.05, 0) is 34.1 Å². The number of nitrogens with zero attached hydrogens (tertiary/aromatic N) is 1. The molecule has 8 heteroatoms. The third-order valence-corrected chi connectivity index (χ3v) is 4.24. The van der Waals surface area contributed by atoms with Crippen molar-refractivity contribution in [2.45, 2.75) is 18.6 Å². The van der Waals surface area contributed by atoms with Crippen molar-refractivity contribution < 1.29 is 24.5 Å². The largest absolute Gasteiger partial charge is 0.483 e. The fraction of sp³-hybridized carbons (Fsp3) is 0.385. The SMILES string of the molecule is O=C(O)[C@H]1C[C@@H](O)CN1C(=O)COc1ccc(Br)cc1Br. The van der Waals surface area contributed by atoms with Gasteiger partial charge in [-0.1, -0.05) is 15.9 Å². The lowest BCUT2D eigenvalue weighted by molar-refractivity contribution is -0.149. The normalized spacial score (nSPS) is 21.4. The lowest BCUT2D eigenvalue weighted by Gasteiger charge is -2.21. The molecule has 0 aromatic heterocycles. The van der Waals surface area contributed by atoms with Crippen molar-refractivity contribution in [3.05, 3.63) is 27.1 Å². The Morgan fingerprint density at radius 1 is 1.38 bits per heavy atom. The highest BCUT2D eigenvalue weighted by Gasteiger charge is 2.38. The molecule has 1 saturated heterocycles. The van der Waals surface area contributed by atoms with E-state index in [-0.39, 0.29) is 19.6 Å². The number of carbonyl (C=O) groups is 2. The van der Waals surface area contributed by atoms with E-state index in [2.05, 4.69) is 31.9 Å². The molecule has 21 heavy (non-hydrogen) atoms. The molecule has 1 aliphatic rings. The van der Waals surface area contributed by atoms with Crippen LogP contribution in [0.4, 0.5) is 0 Å². The van der Waals surface area contributed by atoms with Gasteiger partial charge in [0.15, 0.2) is 6.61 Å². The smallest absolute Gasteiger partial charge is 0.326 e. The Balaban J connectivity index is 1.99. The van der Waals surface area contributed by atoms with Crippen molar-refractivity contribution in [3.63, 3.8) is 0 Å². The number of ether oxygens (including phenoxy) is 1. The molecular formula is C13H13Br2NO5. The van der Waals surface area contributed by atoms with Gasteiger partial charge < -0.3 is 19.8 Å². The molecular weight excluding hydrogens is 410 g/mol. The second-order valence-corrected chi connectivity index (χ2v) is 6.42. The quantitative estimate of drug-likeness (QED) is 0.770. The lowest BCUT2D eigenvalue weighted by Crippen LogP contribution is -2.42. The summed E-state index contributed by atoms with van der Waals surface area (Å²) in [5, 5.41) is 18.6. The zero-order chi connectivity index (χ0) is 15.6. The number of hydrogen-bond donors (Lipinski definition) is 2. The molecule has 1 aliphatic heterocycles. The van der Waals surface area contributed by atoms with E-state index >= 15 is 0 Å². The fourth-order valence-electron chi connectivity index (χ4n) is 2.14. The molecule has 0 bridgehead atoms.